The molecular formula is C14H19N5O. The van der Waals surface area contributed by atoms with Crippen LogP contribution in [-0.4, -0.2) is 50.6 Å². The van der Waals surface area contributed by atoms with E-state index in [1.54, 1.807) is 18.7 Å². The zero-order valence-electron chi connectivity index (χ0n) is 11.4. The highest BCUT2D eigenvalue weighted by atomic mass is 16.5. The number of aromatic nitrogens is 4. The molecule has 3 heterocycles. The summed E-state index contributed by atoms with van der Waals surface area (Å²) in [5.41, 5.74) is 1.08. The zero-order chi connectivity index (χ0) is 13.6. The van der Waals surface area contributed by atoms with E-state index in [0.717, 1.165) is 50.6 Å². The Morgan fingerprint density at radius 1 is 1.35 bits per heavy atom. The van der Waals surface area contributed by atoms with Gasteiger partial charge in [-0.05, 0) is 18.9 Å². The maximum atomic E-state index is 5.83. The first kappa shape index (κ1) is 13.2. The molecule has 20 heavy (non-hydrogen) atoms. The van der Waals surface area contributed by atoms with Crippen LogP contribution in [0.3, 0.4) is 0 Å². The van der Waals surface area contributed by atoms with E-state index in [1.807, 2.05) is 12.3 Å². The minimum Gasteiger partial charge on any atom is -0.376 e. The first-order valence-corrected chi connectivity index (χ1v) is 6.97. The second-order valence-corrected chi connectivity index (χ2v) is 5.00. The number of H-pyrrole nitrogens is 1. The van der Waals surface area contributed by atoms with Crippen LogP contribution >= 0.6 is 0 Å². The van der Waals surface area contributed by atoms with Crippen molar-refractivity contribution in [2.24, 2.45) is 0 Å². The molecule has 1 saturated heterocycles. The molecule has 1 aliphatic heterocycles. The van der Waals surface area contributed by atoms with Gasteiger partial charge in [-0.2, -0.15) is 0 Å². The van der Waals surface area contributed by atoms with E-state index in [4.69, 9.17) is 4.74 Å². The number of hydrogen-bond donors (Lipinski definition) is 1. The van der Waals surface area contributed by atoms with Gasteiger partial charge in [-0.3, -0.25) is 4.90 Å². The molecule has 2 aromatic rings. The van der Waals surface area contributed by atoms with Gasteiger partial charge in [0.05, 0.1) is 19.3 Å². The standard InChI is InChI=1S/C14H19N5O/c1(12-3-4-15-11-18-12)2-13-9-19(7-8-20-13)10-14-16-5-6-17-14/h3-6,11,13H,1-2,7-10H2,(H,16,17)/t13-/m0/s1. The lowest BCUT2D eigenvalue weighted by Gasteiger charge is -2.32. The fraction of sp³-hybridized carbons (Fsp3) is 0.500. The van der Waals surface area contributed by atoms with Crippen LogP contribution < -0.4 is 0 Å². The van der Waals surface area contributed by atoms with Crippen molar-refractivity contribution < 1.29 is 4.74 Å². The summed E-state index contributed by atoms with van der Waals surface area (Å²) >= 11 is 0. The van der Waals surface area contributed by atoms with Crippen molar-refractivity contribution in [1.82, 2.24) is 24.8 Å². The Labute approximate surface area is 118 Å². The Hall–Kier alpha value is -1.79. The number of aryl methyl sites for hydroxylation is 1. The van der Waals surface area contributed by atoms with Crippen LogP contribution in [0.15, 0.2) is 31.0 Å². The van der Waals surface area contributed by atoms with Gasteiger partial charge in [0.2, 0.25) is 0 Å². The fourth-order valence-corrected chi connectivity index (χ4v) is 2.47. The topological polar surface area (TPSA) is 66.9 Å². The summed E-state index contributed by atoms with van der Waals surface area (Å²) in [6.45, 7) is 3.56. The first-order chi connectivity index (χ1) is 9.90. The van der Waals surface area contributed by atoms with Crippen molar-refractivity contribution in [2.75, 3.05) is 19.7 Å². The molecule has 0 saturated carbocycles. The molecule has 0 radical (unpaired) electrons. The molecule has 2 aromatic heterocycles. The van der Waals surface area contributed by atoms with Crippen LogP contribution in [0.4, 0.5) is 0 Å². The van der Waals surface area contributed by atoms with Crippen LogP contribution in [0, 0.1) is 0 Å². The van der Waals surface area contributed by atoms with E-state index in [-0.39, 0.29) is 6.10 Å². The highest BCUT2D eigenvalue weighted by Gasteiger charge is 2.20. The van der Waals surface area contributed by atoms with Crippen LogP contribution in [0.2, 0.25) is 0 Å². The highest BCUT2D eigenvalue weighted by Crippen LogP contribution is 2.13. The predicted molar refractivity (Wildman–Crippen MR) is 74.0 cm³/mol. The lowest BCUT2D eigenvalue weighted by atomic mass is 10.1. The summed E-state index contributed by atoms with van der Waals surface area (Å²) in [5, 5.41) is 0. The Bertz CT molecular complexity index is 502. The van der Waals surface area contributed by atoms with Gasteiger partial charge in [0, 0.05) is 37.4 Å². The van der Waals surface area contributed by atoms with Crippen LogP contribution in [-0.2, 0) is 17.7 Å². The summed E-state index contributed by atoms with van der Waals surface area (Å²) < 4.78 is 5.83. The molecule has 0 aliphatic carbocycles. The van der Waals surface area contributed by atoms with Gasteiger partial charge in [0.1, 0.15) is 12.2 Å². The van der Waals surface area contributed by atoms with Gasteiger partial charge in [0.15, 0.2) is 0 Å². The first-order valence-electron chi connectivity index (χ1n) is 6.97. The monoisotopic (exact) mass is 273 g/mol. The molecule has 1 fully saturated rings. The van der Waals surface area contributed by atoms with Crippen molar-refractivity contribution in [3.05, 3.63) is 42.5 Å². The van der Waals surface area contributed by atoms with Gasteiger partial charge in [-0.1, -0.05) is 0 Å². The number of morpholine rings is 1. The van der Waals surface area contributed by atoms with Crippen molar-refractivity contribution in [1.29, 1.82) is 0 Å². The maximum absolute atomic E-state index is 5.83. The minimum absolute atomic E-state index is 0.272. The molecule has 1 atom stereocenters. The van der Waals surface area contributed by atoms with E-state index < -0.39 is 0 Å². The Morgan fingerprint density at radius 2 is 2.35 bits per heavy atom. The van der Waals surface area contributed by atoms with Crippen LogP contribution in [0.25, 0.3) is 0 Å². The second kappa shape index (κ2) is 6.58. The quantitative estimate of drug-likeness (QED) is 0.881. The molecule has 106 valence electrons. The van der Waals surface area contributed by atoms with E-state index in [2.05, 4.69) is 24.8 Å². The molecule has 0 unspecified atom stereocenters. The zero-order valence-corrected chi connectivity index (χ0v) is 11.4. The normalized spacial score (nSPS) is 20.1. The van der Waals surface area contributed by atoms with E-state index >= 15 is 0 Å². The summed E-state index contributed by atoms with van der Waals surface area (Å²) in [6, 6.07) is 1.96. The number of aromatic amines is 1. The van der Waals surface area contributed by atoms with Crippen molar-refractivity contribution >= 4 is 0 Å². The number of rotatable bonds is 5. The summed E-state index contributed by atoms with van der Waals surface area (Å²) in [7, 11) is 0. The number of ether oxygens (including phenoxy) is 1. The average molecular weight is 273 g/mol. The minimum atomic E-state index is 0.272. The van der Waals surface area contributed by atoms with E-state index in [9.17, 15) is 0 Å². The van der Waals surface area contributed by atoms with Gasteiger partial charge < -0.3 is 9.72 Å². The smallest absolute Gasteiger partial charge is 0.120 e. The van der Waals surface area contributed by atoms with E-state index in [0.29, 0.717) is 0 Å². The van der Waals surface area contributed by atoms with Crippen molar-refractivity contribution in [2.45, 2.75) is 25.5 Å². The molecule has 6 heteroatoms. The summed E-state index contributed by atoms with van der Waals surface area (Å²) in [5.74, 6) is 1.02. The third-order valence-corrected chi connectivity index (χ3v) is 3.52. The van der Waals surface area contributed by atoms with Crippen molar-refractivity contribution in [3.63, 3.8) is 0 Å². The van der Waals surface area contributed by atoms with Gasteiger partial charge in [-0.25, -0.2) is 15.0 Å². The number of imidazole rings is 1. The lowest BCUT2D eigenvalue weighted by Crippen LogP contribution is -2.42. The lowest BCUT2D eigenvalue weighted by molar-refractivity contribution is -0.0353. The van der Waals surface area contributed by atoms with Gasteiger partial charge >= 0.3 is 0 Å². The molecule has 0 bridgehead atoms. The molecule has 1 aliphatic rings. The van der Waals surface area contributed by atoms with Crippen molar-refractivity contribution in [3.8, 4) is 0 Å². The number of nitrogens with one attached hydrogen (secondary N) is 1. The Balaban J connectivity index is 1.48. The molecule has 1 N–H and O–H groups in total. The number of nitrogens with zero attached hydrogens (tertiary/aromatic N) is 4. The predicted octanol–water partition coefficient (Wildman–Crippen LogP) is 1.03. The number of hydrogen-bond acceptors (Lipinski definition) is 5. The third-order valence-electron chi connectivity index (χ3n) is 3.52. The van der Waals surface area contributed by atoms with E-state index in [1.165, 1.54) is 0 Å². The fourth-order valence-electron chi connectivity index (χ4n) is 2.47. The van der Waals surface area contributed by atoms with Gasteiger partial charge in [-0.15, -0.1) is 0 Å². The van der Waals surface area contributed by atoms with Crippen LogP contribution in [0.1, 0.15) is 17.9 Å². The second-order valence-electron chi connectivity index (χ2n) is 5.00. The molecular weight excluding hydrogens is 254 g/mol. The molecule has 0 spiro atoms. The molecule has 3 rings (SSSR count). The Morgan fingerprint density at radius 3 is 3.15 bits per heavy atom. The molecule has 6 nitrogen and oxygen atoms in total. The molecule has 0 amide bonds. The maximum Gasteiger partial charge on any atom is 0.120 e. The average Bonchev–Trinajstić information content (AvgIpc) is 3.00. The third kappa shape index (κ3) is 3.61. The highest BCUT2D eigenvalue weighted by molar-refractivity contribution is 4.98. The Kier molecular flexibility index (Phi) is 4.35. The summed E-state index contributed by atoms with van der Waals surface area (Å²) in [4.78, 5) is 18.0. The summed E-state index contributed by atoms with van der Waals surface area (Å²) in [6.07, 6.45) is 9.24. The SMILES string of the molecule is c1cc(CC[C@H]2CN(Cc3ncc[nH]3)CCO2)ncn1. The van der Waals surface area contributed by atoms with Crippen LogP contribution in [0.5, 0.6) is 0 Å². The largest absolute Gasteiger partial charge is 0.376 e. The van der Waals surface area contributed by atoms with Gasteiger partial charge in [0.25, 0.3) is 0 Å². The molecule has 0 aromatic carbocycles.